The smallest absolute Gasteiger partial charge is 0.263 e. The average Bonchev–Trinajstić information content (AvgIpc) is 2.45. The number of nitrogens with one attached hydrogen (secondary N) is 1. The monoisotopic (exact) mass is 280 g/mol. The fraction of sp³-hybridized carbons (Fsp3) is 0.200. The highest BCUT2D eigenvalue weighted by molar-refractivity contribution is 5.46. The molecule has 106 valence electrons. The predicted molar refractivity (Wildman–Crippen MR) is 73.2 cm³/mol. The van der Waals surface area contributed by atoms with Crippen LogP contribution in [0.5, 0.6) is 0 Å². The van der Waals surface area contributed by atoms with E-state index in [2.05, 4.69) is 5.32 Å². The highest BCUT2D eigenvalue weighted by Gasteiger charge is 2.12. The third kappa shape index (κ3) is 3.51. The van der Waals surface area contributed by atoms with Crippen LogP contribution >= 0.6 is 0 Å². The Morgan fingerprint density at radius 1 is 1.00 bits per heavy atom. The van der Waals surface area contributed by atoms with Gasteiger partial charge in [-0.1, -0.05) is 30.3 Å². The number of alkyl halides is 2. The molecule has 3 N–H and O–H groups in total. The average molecular weight is 280 g/mol. The van der Waals surface area contributed by atoms with Crippen molar-refractivity contribution >= 4 is 5.69 Å². The molecule has 2 rings (SSSR count). The van der Waals surface area contributed by atoms with Gasteiger partial charge in [0.2, 0.25) is 0 Å². The van der Waals surface area contributed by atoms with Crippen LogP contribution in [-0.4, -0.2) is 6.54 Å². The molecule has 0 amide bonds. The van der Waals surface area contributed by atoms with Gasteiger partial charge in [-0.05, 0) is 23.8 Å². The molecular weight excluding hydrogens is 265 g/mol. The summed E-state index contributed by atoms with van der Waals surface area (Å²) in [6.45, 7) is 0.268. The summed E-state index contributed by atoms with van der Waals surface area (Å²) in [7, 11) is 0. The summed E-state index contributed by atoms with van der Waals surface area (Å²) in [6, 6.07) is 11.7. The summed E-state index contributed by atoms with van der Waals surface area (Å²) in [6.07, 6.45) is -2.49. The van der Waals surface area contributed by atoms with Crippen LogP contribution in [-0.2, 0) is 0 Å². The zero-order valence-corrected chi connectivity index (χ0v) is 10.7. The van der Waals surface area contributed by atoms with Crippen LogP contribution in [0.3, 0.4) is 0 Å². The van der Waals surface area contributed by atoms with Crippen molar-refractivity contribution in [3.8, 4) is 0 Å². The van der Waals surface area contributed by atoms with Gasteiger partial charge in [0, 0.05) is 17.8 Å². The number of hydrogen-bond donors (Lipinski definition) is 2. The van der Waals surface area contributed by atoms with Crippen LogP contribution in [0.25, 0.3) is 0 Å². The van der Waals surface area contributed by atoms with E-state index in [0.717, 1.165) is 5.56 Å². The second-order valence-corrected chi connectivity index (χ2v) is 4.41. The SMILES string of the molecule is NCC(Nc1cccc(F)c1)c1ccc(C(F)F)cc1. The molecule has 0 heterocycles. The lowest BCUT2D eigenvalue weighted by molar-refractivity contribution is 0.151. The van der Waals surface area contributed by atoms with Gasteiger partial charge in [-0.25, -0.2) is 13.2 Å². The van der Waals surface area contributed by atoms with E-state index in [4.69, 9.17) is 5.73 Å². The number of benzene rings is 2. The molecule has 1 unspecified atom stereocenters. The van der Waals surface area contributed by atoms with Gasteiger partial charge < -0.3 is 11.1 Å². The van der Waals surface area contributed by atoms with Crippen LogP contribution in [0.15, 0.2) is 48.5 Å². The first-order chi connectivity index (χ1) is 9.60. The molecule has 5 heteroatoms. The van der Waals surface area contributed by atoms with E-state index < -0.39 is 6.43 Å². The van der Waals surface area contributed by atoms with E-state index in [-0.39, 0.29) is 24.0 Å². The van der Waals surface area contributed by atoms with Crippen molar-refractivity contribution in [1.82, 2.24) is 0 Å². The van der Waals surface area contributed by atoms with Crippen LogP contribution < -0.4 is 11.1 Å². The van der Waals surface area contributed by atoms with Gasteiger partial charge in [0.05, 0.1) is 6.04 Å². The fourth-order valence-corrected chi connectivity index (χ4v) is 1.93. The van der Waals surface area contributed by atoms with Crippen molar-refractivity contribution < 1.29 is 13.2 Å². The van der Waals surface area contributed by atoms with E-state index in [9.17, 15) is 13.2 Å². The Bertz CT molecular complexity index is 555. The van der Waals surface area contributed by atoms with Crippen molar-refractivity contribution in [3.05, 3.63) is 65.5 Å². The number of anilines is 1. The molecule has 0 saturated heterocycles. The first kappa shape index (κ1) is 14.4. The van der Waals surface area contributed by atoms with Gasteiger partial charge in [-0.15, -0.1) is 0 Å². The minimum atomic E-state index is -2.49. The lowest BCUT2D eigenvalue weighted by Crippen LogP contribution is -2.20. The molecule has 0 saturated carbocycles. The molecule has 2 aromatic carbocycles. The van der Waals surface area contributed by atoms with E-state index >= 15 is 0 Å². The summed E-state index contributed by atoms with van der Waals surface area (Å²) in [5.41, 5.74) is 7.03. The number of nitrogens with two attached hydrogens (primary N) is 1. The normalized spacial score (nSPS) is 12.4. The maximum Gasteiger partial charge on any atom is 0.263 e. The number of rotatable bonds is 5. The molecule has 2 aromatic rings. The quantitative estimate of drug-likeness (QED) is 0.872. The standard InChI is InChI=1S/C15H15F3N2/c16-12-2-1-3-13(8-12)20-14(9-19)10-4-6-11(7-5-10)15(17)18/h1-8,14-15,20H,9,19H2. The van der Waals surface area contributed by atoms with Crippen molar-refractivity contribution in [2.75, 3.05) is 11.9 Å². The van der Waals surface area contributed by atoms with Gasteiger partial charge >= 0.3 is 0 Å². The first-order valence-corrected chi connectivity index (χ1v) is 6.20. The Balaban J connectivity index is 2.15. The fourth-order valence-electron chi connectivity index (χ4n) is 1.93. The number of halogens is 3. The topological polar surface area (TPSA) is 38.0 Å². The maximum absolute atomic E-state index is 13.1. The molecular formula is C15H15F3N2. The zero-order valence-electron chi connectivity index (χ0n) is 10.7. The van der Waals surface area contributed by atoms with E-state index in [1.54, 1.807) is 24.3 Å². The predicted octanol–water partition coefficient (Wildman–Crippen LogP) is 3.88. The Labute approximate surface area is 115 Å². The summed E-state index contributed by atoms with van der Waals surface area (Å²) >= 11 is 0. The molecule has 20 heavy (non-hydrogen) atoms. The zero-order chi connectivity index (χ0) is 14.5. The van der Waals surface area contributed by atoms with E-state index in [0.29, 0.717) is 5.69 Å². The Morgan fingerprint density at radius 2 is 1.65 bits per heavy atom. The molecule has 0 spiro atoms. The highest BCUT2D eigenvalue weighted by atomic mass is 19.3. The van der Waals surface area contributed by atoms with Crippen molar-refractivity contribution in [3.63, 3.8) is 0 Å². The highest BCUT2D eigenvalue weighted by Crippen LogP contribution is 2.23. The van der Waals surface area contributed by atoms with Crippen LogP contribution in [0.4, 0.5) is 18.9 Å². The molecule has 0 radical (unpaired) electrons. The maximum atomic E-state index is 13.1. The molecule has 0 bridgehead atoms. The first-order valence-electron chi connectivity index (χ1n) is 6.20. The molecule has 0 aliphatic heterocycles. The van der Waals surface area contributed by atoms with Crippen molar-refractivity contribution in [2.24, 2.45) is 5.73 Å². The molecule has 1 atom stereocenters. The molecule has 0 aliphatic rings. The van der Waals surface area contributed by atoms with Gasteiger partial charge in [0.15, 0.2) is 0 Å². The molecule has 0 aromatic heterocycles. The summed E-state index contributed by atoms with van der Waals surface area (Å²) < 4.78 is 38.1. The lowest BCUT2D eigenvalue weighted by atomic mass is 10.0. The van der Waals surface area contributed by atoms with Crippen molar-refractivity contribution in [1.29, 1.82) is 0 Å². The van der Waals surface area contributed by atoms with E-state index in [1.165, 1.54) is 24.3 Å². The van der Waals surface area contributed by atoms with E-state index in [1.807, 2.05) is 0 Å². The molecule has 0 fully saturated rings. The summed E-state index contributed by atoms with van der Waals surface area (Å²) in [4.78, 5) is 0. The van der Waals surface area contributed by atoms with Gasteiger partial charge in [0.25, 0.3) is 6.43 Å². The second-order valence-electron chi connectivity index (χ2n) is 4.41. The van der Waals surface area contributed by atoms with Crippen LogP contribution in [0.1, 0.15) is 23.6 Å². The van der Waals surface area contributed by atoms with Crippen molar-refractivity contribution in [2.45, 2.75) is 12.5 Å². The third-order valence-corrected chi connectivity index (χ3v) is 2.99. The Kier molecular flexibility index (Phi) is 4.63. The third-order valence-electron chi connectivity index (χ3n) is 2.99. The molecule has 2 nitrogen and oxygen atoms in total. The second kappa shape index (κ2) is 6.43. The minimum absolute atomic E-state index is 0.0322. The largest absolute Gasteiger partial charge is 0.377 e. The van der Waals surface area contributed by atoms with Gasteiger partial charge in [0.1, 0.15) is 5.82 Å². The summed E-state index contributed by atoms with van der Waals surface area (Å²) in [5.74, 6) is -0.348. The minimum Gasteiger partial charge on any atom is -0.377 e. The van der Waals surface area contributed by atoms with Gasteiger partial charge in [-0.2, -0.15) is 0 Å². The van der Waals surface area contributed by atoms with Crippen LogP contribution in [0.2, 0.25) is 0 Å². The van der Waals surface area contributed by atoms with Crippen LogP contribution in [0, 0.1) is 5.82 Å². The van der Waals surface area contributed by atoms with Gasteiger partial charge in [-0.3, -0.25) is 0 Å². The molecule has 0 aliphatic carbocycles. The lowest BCUT2D eigenvalue weighted by Gasteiger charge is -2.19. The Morgan fingerprint density at radius 3 is 2.20 bits per heavy atom. The summed E-state index contributed by atoms with van der Waals surface area (Å²) in [5, 5.41) is 3.08. The Hall–Kier alpha value is -2.01. The number of hydrogen-bond acceptors (Lipinski definition) is 2.